The third-order valence-electron chi connectivity index (χ3n) is 7.90. The van der Waals surface area contributed by atoms with E-state index >= 15 is 0 Å². The largest absolute Gasteiger partial charge is 0.472 e. The van der Waals surface area contributed by atoms with Crippen molar-refractivity contribution in [2.24, 2.45) is 0 Å². The fourth-order valence-electron chi connectivity index (χ4n) is 4.94. The van der Waals surface area contributed by atoms with E-state index in [1.807, 2.05) is 6.08 Å². The second-order valence-electron chi connectivity index (χ2n) is 12.7. The molecule has 0 heterocycles. The minimum Gasteiger partial charge on any atom is -0.462 e. The number of phosphoric ester groups is 1. The molecule has 0 radical (unpaired) electrons. The molecule has 0 saturated carbocycles. The molecule has 0 fully saturated rings. The summed E-state index contributed by atoms with van der Waals surface area (Å²) in [7, 11) is -2.67. The van der Waals surface area contributed by atoms with Gasteiger partial charge in [-0.3, -0.25) is 18.6 Å². The van der Waals surface area contributed by atoms with Crippen LogP contribution in [-0.4, -0.2) is 56.3 Å². The molecule has 10 heteroatoms. The van der Waals surface area contributed by atoms with Crippen LogP contribution in [0.3, 0.4) is 0 Å². The quantitative estimate of drug-likeness (QED) is 0.0280. The number of hydrogen-bond acceptors (Lipinski definition) is 8. The van der Waals surface area contributed by atoms with Crippen molar-refractivity contribution < 1.29 is 37.6 Å². The molecule has 2 N–H and O–H groups in total. The predicted molar refractivity (Wildman–Crippen MR) is 210 cm³/mol. The van der Waals surface area contributed by atoms with Gasteiger partial charge < -0.3 is 19.7 Å². The van der Waals surface area contributed by atoms with Gasteiger partial charge in [0.1, 0.15) is 6.61 Å². The molecule has 0 rings (SSSR count). The van der Waals surface area contributed by atoms with Crippen molar-refractivity contribution in [2.45, 2.75) is 155 Å². The standard InChI is InChI=1S/C41H72NO8P/c1-4-6-8-10-12-14-16-18-19-20-21-22-24-26-28-30-32-34-41(44)50-39(38-49-51(45,46)48-36-35-42-3)37-47-40(43)33-31-29-27-25-23-17-15-13-11-9-7-5-2/h6,8,12,14,18-19,21-22,26,28,39,42H,4-5,7,9-11,13,15-17,20,23-25,27,29-38H2,1-3H3,(H,45,46)/b8-6-,14-12-,19-18-,22-21-,28-26-. The minimum absolute atomic E-state index is 0.0292. The molecular formula is C41H72NO8P. The van der Waals surface area contributed by atoms with Gasteiger partial charge in [-0.05, 0) is 58.4 Å². The number of hydrogen-bond donors (Lipinski definition) is 2. The lowest BCUT2D eigenvalue weighted by atomic mass is 10.0. The van der Waals surface area contributed by atoms with Gasteiger partial charge in [-0.2, -0.15) is 0 Å². The number of rotatable bonds is 36. The number of allylic oxidation sites excluding steroid dienone is 10. The first kappa shape index (κ1) is 48.7. The zero-order valence-corrected chi connectivity index (χ0v) is 33.2. The van der Waals surface area contributed by atoms with Crippen molar-refractivity contribution in [1.82, 2.24) is 5.32 Å². The number of carbonyl (C=O) groups is 2. The third-order valence-corrected chi connectivity index (χ3v) is 8.89. The molecule has 0 aliphatic rings. The zero-order valence-electron chi connectivity index (χ0n) is 32.3. The third kappa shape index (κ3) is 37.3. The van der Waals surface area contributed by atoms with E-state index in [1.54, 1.807) is 7.05 Å². The lowest BCUT2D eigenvalue weighted by molar-refractivity contribution is -0.161. The number of phosphoric acid groups is 1. The molecule has 0 aliphatic carbocycles. The van der Waals surface area contributed by atoms with E-state index < -0.39 is 26.5 Å². The van der Waals surface area contributed by atoms with Crippen LogP contribution in [0.4, 0.5) is 0 Å². The second kappa shape index (κ2) is 37.5. The minimum atomic E-state index is -4.36. The molecule has 2 unspecified atom stereocenters. The van der Waals surface area contributed by atoms with Crippen molar-refractivity contribution in [2.75, 3.05) is 33.4 Å². The van der Waals surface area contributed by atoms with Crippen molar-refractivity contribution in [1.29, 1.82) is 0 Å². The molecule has 0 amide bonds. The molecule has 0 aromatic carbocycles. The van der Waals surface area contributed by atoms with E-state index in [1.165, 1.54) is 57.8 Å². The number of nitrogens with one attached hydrogen (secondary N) is 1. The Morgan fingerprint density at radius 1 is 0.627 bits per heavy atom. The highest BCUT2D eigenvalue weighted by Crippen LogP contribution is 2.43. The Kier molecular flexibility index (Phi) is 35.8. The molecule has 294 valence electrons. The van der Waals surface area contributed by atoms with Crippen LogP contribution in [0, 0.1) is 0 Å². The van der Waals surface area contributed by atoms with Crippen LogP contribution in [0.1, 0.15) is 149 Å². The van der Waals surface area contributed by atoms with Crippen LogP contribution in [0.15, 0.2) is 60.8 Å². The fraction of sp³-hybridized carbons (Fsp3) is 0.707. The second-order valence-corrected chi connectivity index (χ2v) is 14.2. The van der Waals surface area contributed by atoms with Gasteiger partial charge in [0, 0.05) is 19.4 Å². The molecule has 0 spiro atoms. The van der Waals surface area contributed by atoms with Crippen LogP contribution in [0.5, 0.6) is 0 Å². The summed E-state index contributed by atoms with van der Waals surface area (Å²) < 4.78 is 33.0. The van der Waals surface area contributed by atoms with Gasteiger partial charge in [0.25, 0.3) is 0 Å². The first-order valence-corrected chi connectivity index (χ1v) is 21.2. The summed E-state index contributed by atoms with van der Waals surface area (Å²) in [4.78, 5) is 34.9. The first-order valence-electron chi connectivity index (χ1n) is 19.7. The van der Waals surface area contributed by atoms with E-state index in [9.17, 15) is 19.0 Å². The maximum absolute atomic E-state index is 12.6. The van der Waals surface area contributed by atoms with Gasteiger partial charge in [0.15, 0.2) is 6.10 Å². The summed E-state index contributed by atoms with van der Waals surface area (Å²) in [5, 5.41) is 2.81. The first-order chi connectivity index (χ1) is 24.8. The van der Waals surface area contributed by atoms with Crippen molar-refractivity contribution in [3.8, 4) is 0 Å². The van der Waals surface area contributed by atoms with Crippen LogP contribution in [0.25, 0.3) is 0 Å². The average Bonchev–Trinajstić information content (AvgIpc) is 3.11. The van der Waals surface area contributed by atoms with Gasteiger partial charge in [-0.25, -0.2) is 4.57 Å². The van der Waals surface area contributed by atoms with Crippen molar-refractivity contribution >= 4 is 19.8 Å². The van der Waals surface area contributed by atoms with Crippen LogP contribution >= 0.6 is 7.82 Å². The van der Waals surface area contributed by atoms with Crippen molar-refractivity contribution in [3.05, 3.63) is 60.8 Å². The average molecular weight is 738 g/mol. The van der Waals surface area contributed by atoms with E-state index in [0.29, 0.717) is 19.4 Å². The van der Waals surface area contributed by atoms with E-state index in [2.05, 4.69) is 73.8 Å². The van der Waals surface area contributed by atoms with Gasteiger partial charge in [-0.1, -0.05) is 145 Å². The Morgan fingerprint density at radius 2 is 1.12 bits per heavy atom. The summed E-state index contributed by atoms with van der Waals surface area (Å²) in [6, 6.07) is 0. The van der Waals surface area contributed by atoms with E-state index in [4.69, 9.17) is 18.5 Å². The molecule has 51 heavy (non-hydrogen) atoms. The van der Waals surface area contributed by atoms with Gasteiger partial charge in [-0.15, -0.1) is 0 Å². The molecule has 0 aromatic rings. The summed E-state index contributed by atoms with van der Waals surface area (Å²) in [6.07, 6.45) is 41.3. The van der Waals surface area contributed by atoms with E-state index in [0.717, 1.165) is 51.4 Å². The van der Waals surface area contributed by atoms with Crippen LogP contribution < -0.4 is 5.32 Å². The highest BCUT2D eigenvalue weighted by atomic mass is 31.2. The molecule has 9 nitrogen and oxygen atoms in total. The zero-order chi connectivity index (χ0) is 37.5. The monoisotopic (exact) mass is 737 g/mol. The van der Waals surface area contributed by atoms with Gasteiger partial charge >= 0.3 is 19.8 Å². The van der Waals surface area contributed by atoms with Gasteiger partial charge in [0.2, 0.25) is 0 Å². The summed E-state index contributed by atoms with van der Waals surface area (Å²) in [5.74, 6) is -0.879. The smallest absolute Gasteiger partial charge is 0.462 e. The Labute approximate surface area is 311 Å². The van der Waals surface area contributed by atoms with Gasteiger partial charge in [0.05, 0.1) is 13.2 Å². The van der Waals surface area contributed by atoms with Crippen LogP contribution in [0.2, 0.25) is 0 Å². The maximum Gasteiger partial charge on any atom is 0.472 e. The topological polar surface area (TPSA) is 120 Å². The normalized spacial score (nSPS) is 14.0. The summed E-state index contributed by atoms with van der Waals surface area (Å²) in [5.41, 5.74) is 0. The Bertz CT molecular complexity index is 1020. The Morgan fingerprint density at radius 3 is 1.65 bits per heavy atom. The lowest BCUT2D eigenvalue weighted by Crippen LogP contribution is -2.29. The summed E-state index contributed by atoms with van der Waals surface area (Å²) >= 11 is 0. The molecule has 2 atom stereocenters. The Hall–Kier alpha value is -2.29. The van der Waals surface area contributed by atoms with Crippen LogP contribution in [-0.2, 0) is 32.7 Å². The number of ether oxygens (including phenoxy) is 2. The maximum atomic E-state index is 12.6. The number of likely N-dealkylation sites (N-methyl/N-ethyl adjacent to an activating group) is 1. The van der Waals surface area contributed by atoms with Crippen molar-refractivity contribution in [3.63, 3.8) is 0 Å². The van der Waals surface area contributed by atoms with E-state index in [-0.39, 0.29) is 32.0 Å². The highest BCUT2D eigenvalue weighted by molar-refractivity contribution is 7.47. The highest BCUT2D eigenvalue weighted by Gasteiger charge is 2.26. The molecular weight excluding hydrogens is 665 g/mol. The Balaban J connectivity index is 4.39. The lowest BCUT2D eigenvalue weighted by Gasteiger charge is -2.20. The SMILES string of the molecule is CC/C=C\C/C=C\C/C=C\C/C=C\C/C=C\CCCC(=O)OC(COC(=O)CCCCCCCCCCCCCC)COP(=O)(O)OCCNC. The number of unbranched alkanes of at least 4 members (excludes halogenated alkanes) is 12. The number of esters is 2. The summed E-state index contributed by atoms with van der Waals surface area (Å²) in [6.45, 7) is 4.02. The predicted octanol–water partition coefficient (Wildman–Crippen LogP) is 10.8. The number of carbonyl (C=O) groups excluding carboxylic acids is 2. The molecule has 0 aliphatic heterocycles. The molecule has 0 saturated heterocycles. The fourth-order valence-corrected chi connectivity index (χ4v) is 5.69. The molecule has 0 bridgehead atoms. The molecule has 0 aromatic heterocycles.